The highest BCUT2D eigenvalue weighted by Gasteiger charge is 2.21. The van der Waals surface area contributed by atoms with Crippen molar-refractivity contribution in [1.29, 1.82) is 0 Å². The fraction of sp³-hybridized carbons (Fsp3) is 0.619. The summed E-state index contributed by atoms with van der Waals surface area (Å²) in [7, 11) is 0. The molecule has 0 radical (unpaired) electrons. The molecule has 1 aromatic rings. The Morgan fingerprint density at radius 2 is 1.74 bits per heavy atom. The Morgan fingerprint density at radius 1 is 1.11 bits per heavy atom. The first kappa shape index (κ1) is 21.4. The topological polar surface area (TPSA) is 70.7 Å². The van der Waals surface area contributed by atoms with E-state index in [0.29, 0.717) is 30.9 Å². The van der Waals surface area contributed by atoms with Crippen molar-refractivity contribution >= 4 is 23.2 Å². The summed E-state index contributed by atoms with van der Waals surface area (Å²) in [4.78, 5) is 25.4. The zero-order valence-corrected chi connectivity index (χ0v) is 16.8. The van der Waals surface area contributed by atoms with E-state index in [9.17, 15) is 9.59 Å². The number of anilines is 2. The molecule has 1 aromatic carbocycles. The van der Waals surface area contributed by atoms with Crippen molar-refractivity contribution in [2.24, 2.45) is 5.92 Å². The van der Waals surface area contributed by atoms with E-state index in [1.165, 1.54) is 26.2 Å². The number of carbonyl (C=O) groups excluding carboxylic acids is 2. The van der Waals surface area contributed by atoms with Crippen LogP contribution in [0.15, 0.2) is 24.3 Å². The van der Waals surface area contributed by atoms with Crippen LogP contribution in [0.25, 0.3) is 0 Å². The van der Waals surface area contributed by atoms with Crippen molar-refractivity contribution < 1.29 is 14.3 Å². The molecule has 0 heterocycles. The lowest BCUT2D eigenvalue weighted by molar-refractivity contribution is -0.117. The van der Waals surface area contributed by atoms with Crippen LogP contribution >= 0.6 is 0 Å². The van der Waals surface area contributed by atoms with E-state index in [4.69, 9.17) is 4.74 Å². The third-order valence-corrected chi connectivity index (χ3v) is 5.08. The summed E-state index contributed by atoms with van der Waals surface area (Å²) in [5.41, 5.74) is 1.43. The Labute approximate surface area is 162 Å². The lowest BCUT2D eigenvalue weighted by atomic mass is 9.88. The summed E-state index contributed by atoms with van der Waals surface area (Å²) in [6.07, 6.45) is 5.35. The van der Waals surface area contributed by atoms with Gasteiger partial charge >= 0.3 is 0 Å². The standard InChI is InChI=1S/C21H33N3O3/c1-4-24(13-14-27-20-8-6-5-7-16(20)2)15-21(26)23-19-11-9-18(10-12-19)22-17(3)25/h9-12,16,20H,4-8,13-15H2,1-3H3,(H,22,25)(H,23,26). The Balaban J connectivity index is 1.72. The van der Waals surface area contributed by atoms with E-state index in [2.05, 4.69) is 29.4 Å². The number of hydrogen-bond acceptors (Lipinski definition) is 4. The van der Waals surface area contributed by atoms with Crippen molar-refractivity contribution in [3.05, 3.63) is 24.3 Å². The van der Waals surface area contributed by atoms with Gasteiger partial charge in [-0.1, -0.05) is 26.7 Å². The highest BCUT2D eigenvalue weighted by atomic mass is 16.5. The molecule has 0 aromatic heterocycles. The second-order valence-electron chi connectivity index (χ2n) is 7.35. The van der Waals surface area contributed by atoms with Crippen molar-refractivity contribution in [3.8, 4) is 0 Å². The van der Waals surface area contributed by atoms with Gasteiger partial charge in [0.05, 0.1) is 19.3 Å². The molecule has 6 heteroatoms. The van der Waals surface area contributed by atoms with Crippen LogP contribution in [-0.2, 0) is 14.3 Å². The van der Waals surface area contributed by atoms with Gasteiger partial charge in [-0.05, 0) is 49.6 Å². The maximum Gasteiger partial charge on any atom is 0.238 e. The van der Waals surface area contributed by atoms with Crippen LogP contribution in [0.4, 0.5) is 11.4 Å². The van der Waals surface area contributed by atoms with Crippen molar-refractivity contribution in [2.45, 2.75) is 52.6 Å². The average Bonchev–Trinajstić information content (AvgIpc) is 2.63. The summed E-state index contributed by atoms with van der Waals surface area (Å²) < 4.78 is 6.06. The van der Waals surface area contributed by atoms with Gasteiger partial charge in [0.25, 0.3) is 0 Å². The third kappa shape index (κ3) is 7.69. The first-order valence-electron chi connectivity index (χ1n) is 9.99. The minimum atomic E-state index is -0.116. The highest BCUT2D eigenvalue weighted by molar-refractivity contribution is 5.93. The largest absolute Gasteiger partial charge is 0.377 e. The van der Waals surface area contributed by atoms with Gasteiger partial charge in [0.1, 0.15) is 0 Å². The van der Waals surface area contributed by atoms with Crippen molar-refractivity contribution in [1.82, 2.24) is 4.90 Å². The zero-order valence-electron chi connectivity index (χ0n) is 16.8. The normalized spacial score (nSPS) is 19.7. The average molecular weight is 376 g/mol. The van der Waals surface area contributed by atoms with Crippen molar-refractivity contribution in [2.75, 3.05) is 36.9 Å². The van der Waals surface area contributed by atoms with Gasteiger partial charge in [0.15, 0.2) is 0 Å². The van der Waals surface area contributed by atoms with Gasteiger partial charge in [0.2, 0.25) is 11.8 Å². The summed E-state index contributed by atoms with van der Waals surface area (Å²) in [6.45, 7) is 8.36. The molecule has 1 fully saturated rings. The third-order valence-electron chi connectivity index (χ3n) is 5.08. The molecule has 1 aliphatic carbocycles. The molecule has 2 amide bonds. The Hall–Kier alpha value is -1.92. The van der Waals surface area contributed by atoms with Crippen LogP contribution in [0, 0.1) is 5.92 Å². The number of nitrogens with one attached hydrogen (secondary N) is 2. The fourth-order valence-electron chi connectivity index (χ4n) is 3.46. The SMILES string of the molecule is CCN(CCOC1CCCCC1C)CC(=O)Nc1ccc(NC(C)=O)cc1. The number of benzene rings is 1. The lowest BCUT2D eigenvalue weighted by Gasteiger charge is -2.29. The van der Waals surface area contributed by atoms with Crippen LogP contribution in [0.2, 0.25) is 0 Å². The molecule has 150 valence electrons. The van der Waals surface area contributed by atoms with Crippen LogP contribution in [0.1, 0.15) is 46.5 Å². The zero-order chi connectivity index (χ0) is 19.6. The number of ether oxygens (including phenoxy) is 1. The minimum Gasteiger partial charge on any atom is -0.377 e. The predicted molar refractivity (Wildman–Crippen MR) is 109 cm³/mol. The number of amides is 2. The molecule has 0 spiro atoms. The van der Waals surface area contributed by atoms with Gasteiger partial charge in [-0.25, -0.2) is 0 Å². The lowest BCUT2D eigenvalue weighted by Crippen LogP contribution is -2.37. The molecule has 6 nitrogen and oxygen atoms in total. The maximum absolute atomic E-state index is 12.3. The molecule has 27 heavy (non-hydrogen) atoms. The van der Waals surface area contributed by atoms with Gasteiger partial charge < -0.3 is 15.4 Å². The van der Waals surface area contributed by atoms with Gasteiger partial charge in [-0.2, -0.15) is 0 Å². The molecule has 2 N–H and O–H groups in total. The number of hydrogen-bond donors (Lipinski definition) is 2. The Morgan fingerprint density at radius 3 is 2.33 bits per heavy atom. The molecule has 2 rings (SSSR count). The van der Waals surface area contributed by atoms with Crippen LogP contribution in [-0.4, -0.2) is 49.1 Å². The van der Waals surface area contributed by atoms with E-state index in [-0.39, 0.29) is 11.8 Å². The number of carbonyl (C=O) groups is 2. The molecule has 0 saturated heterocycles. The van der Waals surface area contributed by atoms with Crippen molar-refractivity contribution in [3.63, 3.8) is 0 Å². The molecule has 0 aliphatic heterocycles. The smallest absolute Gasteiger partial charge is 0.238 e. The van der Waals surface area contributed by atoms with Crippen LogP contribution < -0.4 is 10.6 Å². The van der Waals surface area contributed by atoms with Gasteiger partial charge in [-0.3, -0.25) is 14.5 Å². The minimum absolute atomic E-state index is 0.0461. The molecule has 1 saturated carbocycles. The predicted octanol–water partition coefficient (Wildman–Crippen LogP) is 3.50. The molecular formula is C21H33N3O3. The molecule has 1 aliphatic rings. The summed E-state index contributed by atoms with van der Waals surface area (Å²) in [5.74, 6) is 0.475. The molecule has 0 bridgehead atoms. The summed E-state index contributed by atoms with van der Waals surface area (Å²) in [5, 5.41) is 5.61. The first-order chi connectivity index (χ1) is 13.0. The number of likely N-dealkylation sites (N-methyl/N-ethyl adjacent to an activating group) is 1. The summed E-state index contributed by atoms with van der Waals surface area (Å²) in [6, 6.07) is 7.11. The van der Waals surface area contributed by atoms with E-state index >= 15 is 0 Å². The number of rotatable bonds is 9. The second-order valence-corrected chi connectivity index (χ2v) is 7.35. The Kier molecular flexibility index (Phi) is 8.75. The molecule has 2 unspecified atom stereocenters. The highest BCUT2D eigenvalue weighted by Crippen LogP contribution is 2.26. The van der Waals surface area contributed by atoms with E-state index in [1.54, 1.807) is 24.3 Å². The van der Waals surface area contributed by atoms with Crippen LogP contribution in [0.5, 0.6) is 0 Å². The van der Waals surface area contributed by atoms with E-state index in [0.717, 1.165) is 25.2 Å². The van der Waals surface area contributed by atoms with E-state index in [1.807, 2.05) is 0 Å². The van der Waals surface area contributed by atoms with Crippen LogP contribution in [0.3, 0.4) is 0 Å². The fourth-order valence-corrected chi connectivity index (χ4v) is 3.46. The van der Waals surface area contributed by atoms with E-state index < -0.39 is 0 Å². The quantitative estimate of drug-likeness (QED) is 0.693. The molecular weight excluding hydrogens is 342 g/mol. The van der Waals surface area contributed by atoms with Gasteiger partial charge in [-0.15, -0.1) is 0 Å². The van der Waals surface area contributed by atoms with Gasteiger partial charge in [0, 0.05) is 24.8 Å². The summed E-state index contributed by atoms with van der Waals surface area (Å²) >= 11 is 0. The maximum atomic E-state index is 12.3. The monoisotopic (exact) mass is 375 g/mol. The number of nitrogens with zero attached hydrogens (tertiary/aromatic N) is 1. The first-order valence-corrected chi connectivity index (χ1v) is 9.99. The molecule has 2 atom stereocenters. The second kappa shape index (κ2) is 11.0. The Bertz CT molecular complexity index is 603.